The predicted octanol–water partition coefficient (Wildman–Crippen LogP) is 1.99. The van der Waals surface area contributed by atoms with Crippen molar-refractivity contribution in [3.63, 3.8) is 0 Å². The summed E-state index contributed by atoms with van der Waals surface area (Å²) in [5.74, 6) is 6.04. The van der Waals surface area contributed by atoms with Gasteiger partial charge in [-0.1, -0.05) is 13.3 Å². The second kappa shape index (κ2) is 6.58. The molecule has 1 saturated heterocycles. The van der Waals surface area contributed by atoms with E-state index in [4.69, 9.17) is 10.6 Å². The maximum absolute atomic E-state index is 15.1. The smallest absolute Gasteiger partial charge is 0.350 e. The molecule has 27 heavy (non-hydrogen) atoms. The molecule has 4 rings (SSSR count). The molecule has 146 valence electrons. The van der Waals surface area contributed by atoms with Crippen molar-refractivity contribution in [2.75, 3.05) is 30.9 Å². The number of nitrogen functional groups attached to an aromatic ring is 1. The van der Waals surface area contributed by atoms with Crippen LogP contribution in [0, 0.1) is 11.7 Å². The first kappa shape index (κ1) is 17.9. The minimum atomic E-state index is -0.708. The van der Waals surface area contributed by atoms with Gasteiger partial charge in [-0.05, 0) is 37.7 Å². The maximum Gasteiger partial charge on any atom is 0.350 e. The van der Waals surface area contributed by atoms with E-state index < -0.39 is 17.1 Å². The quantitative estimate of drug-likeness (QED) is 0.825. The first-order chi connectivity index (χ1) is 13.0. The van der Waals surface area contributed by atoms with E-state index in [1.807, 2.05) is 4.90 Å². The van der Waals surface area contributed by atoms with E-state index in [0.29, 0.717) is 21.8 Å². The molecule has 0 unspecified atom stereocenters. The van der Waals surface area contributed by atoms with Crippen molar-refractivity contribution in [2.24, 2.45) is 5.92 Å². The fourth-order valence-electron chi connectivity index (χ4n) is 4.16. The van der Waals surface area contributed by atoms with Gasteiger partial charge in [0.1, 0.15) is 11.2 Å². The molecule has 2 N–H and O–H groups in total. The Labute approximate surface area is 156 Å². The lowest BCUT2D eigenvalue weighted by Gasteiger charge is -2.34. The zero-order valence-electron chi connectivity index (χ0n) is 15.7. The predicted molar refractivity (Wildman–Crippen MR) is 103 cm³/mol. The third-order valence-corrected chi connectivity index (χ3v) is 5.91. The molecule has 0 spiro atoms. The number of benzene rings is 1. The molecule has 0 atom stereocenters. The molecule has 2 aromatic rings. The summed E-state index contributed by atoms with van der Waals surface area (Å²) in [5, 5.41) is 0.0746. The van der Waals surface area contributed by atoms with Gasteiger partial charge in [0.15, 0.2) is 11.6 Å². The van der Waals surface area contributed by atoms with Crippen LogP contribution in [-0.4, -0.2) is 29.4 Å². The summed E-state index contributed by atoms with van der Waals surface area (Å²) in [6, 6.07) is 1.16. The van der Waals surface area contributed by atoms with Gasteiger partial charge in [0.25, 0.3) is 5.56 Å². The van der Waals surface area contributed by atoms with Gasteiger partial charge < -0.3 is 15.5 Å². The van der Waals surface area contributed by atoms with E-state index in [-0.39, 0.29) is 17.2 Å². The van der Waals surface area contributed by atoms with Crippen LogP contribution >= 0.6 is 0 Å². The Morgan fingerprint density at radius 3 is 2.44 bits per heavy atom. The zero-order valence-corrected chi connectivity index (χ0v) is 15.7. The van der Waals surface area contributed by atoms with Crippen LogP contribution < -0.4 is 26.7 Å². The largest absolute Gasteiger partial charge is 0.492 e. The minimum Gasteiger partial charge on any atom is -0.492 e. The van der Waals surface area contributed by atoms with Gasteiger partial charge in [0.05, 0.1) is 12.5 Å². The topological polar surface area (TPSA) is 82.5 Å². The van der Waals surface area contributed by atoms with Gasteiger partial charge in [-0.25, -0.2) is 9.18 Å². The number of rotatable bonds is 4. The Bertz CT molecular complexity index is 1000. The molecule has 0 radical (unpaired) electrons. The third-order valence-electron chi connectivity index (χ3n) is 5.91. The number of methoxy groups -OCH3 is 1. The van der Waals surface area contributed by atoms with E-state index in [1.165, 1.54) is 17.7 Å². The molecule has 2 heterocycles. The summed E-state index contributed by atoms with van der Waals surface area (Å²) in [4.78, 5) is 27.1. The number of aromatic nitrogens is 2. The van der Waals surface area contributed by atoms with Crippen LogP contribution in [0.1, 0.15) is 45.1 Å². The molecular weight excluding hydrogens is 351 g/mol. The first-order valence-corrected chi connectivity index (χ1v) is 9.55. The lowest BCUT2D eigenvalue weighted by molar-refractivity contribution is 0.381. The van der Waals surface area contributed by atoms with E-state index in [9.17, 15) is 9.59 Å². The van der Waals surface area contributed by atoms with Gasteiger partial charge in [0, 0.05) is 19.1 Å². The second-order valence-electron chi connectivity index (χ2n) is 7.53. The van der Waals surface area contributed by atoms with Crippen molar-refractivity contribution >= 4 is 16.6 Å². The highest BCUT2D eigenvalue weighted by molar-refractivity contribution is 5.91. The Balaban J connectivity index is 1.97. The third kappa shape index (κ3) is 2.78. The van der Waals surface area contributed by atoms with Crippen molar-refractivity contribution in [3.05, 3.63) is 32.7 Å². The lowest BCUT2D eigenvalue weighted by Crippen LogP contribution is -2.44. The number of halogens is 1. The van der Waals surface area contributed by atoms with Crippen molar-refractivity contribution in [1.82, 2.24) is 9.24 Å². The lowest BCUT2D eigenvalue weighted by atomic mass is 9.94. The molecule has 2 fully saturated rings. The van der Waals surface area contributed by atoms with Gasteiger partial charge in [0.2, 0.25) is 0 Å². The molecular formula is C19H25FN4O3. The fourth-order valence-corrected chi connectivity index (χ4v) is 4.16. The summed E-state index contributed by atoms with van der Waals surface area (Å²) in [7, 11) is 1.45. The molecule has 1 aromatic heterocycles. The highest BCUT2D eigenvalue weighted by Gasteiger charge is 2.33. The highest BCUT2D eigenvalue weighted by Crippen LogP contribution is 2.43. The number of piperidine rings is 1. The van der Waals surface area contributed by atoms with Gasteiger partial charge in [-0.3, -0.25) is 9.36 Å². The molecule has 0 bridgehead atoms. The molecule has 1 saturated carbocycles. The van der Waals surface area contributed by atoms with E-state index in [0.717, 1.165) is 45.2 Å². The fraction of sp³-hybridized carbons (Fsp3) is 0.579. The highest BCUT2D eigenvalue weighted by atomic mass is 19.1. The summed E-state index contributed by atoms with van der Waals surface area (Å²) in [5.41, 5.74) is -0.607. The number of hydrogen-bond acceptors (Lipinski definition) is 5. The molecule has 1 aliphatic heterocycles. The Hall–Kier alpha value is -2.51. The second-order valence-corrected chi connectivity index (χ2v) is 7.53. The summed E-state index contributed by atoms with van der Waals surface area (Å²) >= 11 is 0. The number of anilines is 1. The Morgan fingerprint density at radius 1 is 1.22 bits per heavy atom. The van der Waals surface area contributed by atoms with Crippen LogP contribution in [-0.2, 0) is 0 Å². The zero-order chi connectivity index (χ0) is 19.3. The van der Waals surface area contributed by atoms with E-state index in [2.05, 4.69) is 6.92 Å². The summed E-state index contributed by atoms with van der Waals surface area (Å²) < 4.78 is 22.7. The first-order valence-electron chi connectivity index (χ1n) is 9.55. The van der Waals surface area contributed by atoms with Crippen molar-refractivity contribution in [3.8, 4) is 5.75 Å². The average molecular weight is 376 g/mol. The summed E-state index contributed by atoms with van der Waals surface area (Å²) in [6.07, 6.45) is 4.73. The standard InChI is InChI=1S/C19H25FN4O3/c1-3-11-6-8-22(9-7-11)16-14(20)10-13-15(17(16)27-2)23(12-4-5-12)19(26)24(21)18(13)25/h10-12H,3-9,21H2,1-2H3. The number of nitrogens with zero attached hydrogens (tertiary/aromatic N) is 3. The average Bonchev–Trinajstić information content (AvgIpc) is 3.51. The number of hydrogen-bond donors (Lipinski definition) is 1. The minimum absolute atomic E-state index is 0.0339. The normalized spacial score (nSPS) is 18.3. The summed E-state index contributed by atoms with van der Waals surface area (Å²) in [6.45, 7) is 3.61. The van der Waals surface area contributed by atoms with Gasteiger partial charge >= 0.3 is 5.69 Å². The SMILES string of the molecule is CCC1CCN(c2c(F)cc3c(=O)n(N)c(=O)n(C4CC4)c3c2OC)CC1. The number of fused-ring (bicyclic) bond motifs is 1. The van der Waals surface area contributed by atoms with Crippen molar-refractivity contribution in [1.29, 1.82) is 0 Å². The maximum atomic E-state index is 15.1. The van der Waals surface area contributed by atoms with Crippen molar-refractivity contribution < 1.29 is 9.13 Å². The number of ether oxygens (including phenoxy) is 1. The molecule has 1 aliphatic carbocycles. The van der Waals surface area contributed by atoms with E-state index >= 15 is 4.39 Å². The van der Waals surface area contributed by atoms with Gasteiger partial charge in [-0.2, -0.15) is 4.68 Å². The Morgan fingerprint density at radius 2 is 1.89 bits per heavy atom. The van der Waals surface area contributed by atoms with Crippen LogP contribution in [0.2, 0.25) is 0 Å². The molecule has 2 aliphatic rings. The van der Waals surface area contributed by atoms with Gasteiger partial charge in [-0.15, -0.1) is 0 Å². The number of nitrogens with two attached hydrogens (primary N) is 1. The van der Waals surface area contributed by atoms with Crippen molar-refractivity contribution in [2.45, 2.75) is 45.1 Å². The molecule has 1 aromatic carbocycles. The van der Waals surface area contributed by atoms with Crippen LogP contribution in [0.3, 0.4) is 0 Å². The Kier molecular flexibility index (Phi) is 4.36. The van der Waals surface area contributed by atoms with E-state index in [1.54, 1.807) is 0 Å². The molecule has 0 amide bonds. The van der Waals surface area contributed by atoms with Crippen LogP contribution in [0.15, 0.2) is 15.7 Å². The monoisotopic (exact) mass is 376 g/mol. The van der Waals surface area contributed by atoms with Crippen LogP contribution in [0.5, 0.6) is 5.75 Å². The molecule has 7 nitrogen and oxygen atoms in total. The molecule has 8 heteroatoms. The van der Waals surface area contributed by atoms with Crippen LogP contribution in [0.25, 0.3) is 10.9 Å². The van der Waals surface area contributed by atoms with Crippen LogP contribution in [0.4, 0.5) is 10.1 Å².